The smallest absolute Gasteiger partial charge is 0.242 e. The monoisotopic (exact) mass is 463 g/mol. The van der Waals surface area contributed by atoms with E-state index in [4.69, 9.17) is 0 Å². The molecule has 1 fully saturated rings. The summed E-state index contributed by atoms with van der Waals surface area (Å²) in [5, 5.41) is 15.4. The second kappa shape index (κ2) is 8.80. The van der Waals surface area contributed by atoms with E-state index in [1.54, 1.807) is 11.3 Å². The van der Waals surface area contributed by atoms with Crippen molar-refractivity contribution in [2.24, 2.45) is 0 Å². The van der Waals surface area contributed by atoms with E-state index in [0.29, 0.717) is 36.3 Å². The number of carbonyl (C=O) groups excluding carboxylic acids is 1. The summed E-state index contributed by atoms with van der Waals surface area (Å²) in [4.78, 5) is 14.5. The number of nitrogens with zero attached hydrogens (tertiary/aromatic N) is 4. The first-order valence-corrected chi connectivity index (χ1v) is 12.7. The third-order valence-electron chi connectivity index (χ3n) is 4.75. The number of thiophene rings is 1. The highest BCUT2D eigenvalue weighted by Gasteiger charge is 2.29. The molecule has 3 heterocycles. The molecule has 1 N–H and O–H groups in total. The fourth-order valence-electron chi connectivity index (χ4n) is 3.24. The molecule has 0 bridgehead atoms. The number of benzene rings is 1. The van der Waals surface area contributed by atoms with E-state index >= 15 is 0 Å². The Kier molecular flexibility index (Phi) is 6.14. The molecule has 1 saturated heterocycles. The van der Waals surface area contributed by atoms with Gasteiger partial charge in [0.2, 0.25) is 21.1 Å². The zero-order valence-corrected chi connectivity index (χ0v) is 18.8. The molecule has 3 aromatic rings. The lowest BCUT2D eigenvalue weighted by atomic mass is 10.2. The van der Waals surface area contributed by atoms with Crippen molar-refractivity contribution >= 4 is 49.4 Å². The van der Waals surface area contributed by atoms with Crippen molar-refractivity contribution in [3.05, 3.63) is 46.7 Å². The van der Waals surface area contributed by atoms with Crippen LogP contribution in [0, 0.1) is 6.92 Å². The molecule has 0 radical (unpaired) electrons. The van der Waals surface area contributed by atoms with Gasteiger partial charge in [-0.25, -0.2) is 8.42 Å². The van der Waals surface area contributed by atoms with Gasteiger partial charge in [0.05, 0.1) is 0 Å². The minimum Gasteiger partial charge on any atom is -0.369 e. The fourth-order valence-corrected chi connectivity index (χ4v) is 6.01. The normalized spacial score (nSPS) is 15.3. The highest BCUT2D eigenvalue weighted by molar-refractivity contribution is 7.89. The van der Waals surface area contributed by atoms with E-state index < -0.39 is 21.7 Å². The summed E-state index contributed by atoms with van der Waals surface area (Å²) < 4.78 is 26.8. The molecule has 2 aromatic heterocycles. The van der Waals surface area contributed by atoms with Crippen LogP contribution in [0.25, 0.3) is 10.6 Å². The SMILES string of the molecule is Cc1cccc(N2CCN(S(=O)(=O)CC(=O)Nc3nnc(-c4ccsc4)s3)CC2)c1. The molecule has 8 nitrogen and oxygen atoms in total. The molecule has 0 unspecified atom stereocenters. The number of nitrogens with one attached hydrogen (secondary N) is 1. The Morgan fingerprint density at radius 2 is 1.97 bits per heavy atom. The van der Waals surface area contributed by atoms with E-state index in [1.165, 1.54) is 15.6 Å². The molecular formula is C19H21N5O3S3. The van der Waals surface area contributed by atoms with Gasteiger partial charge in [0, 0.05) is 42.8 Å². The number of amides is 1. The molecule has 1 amide bonds. The minimum atomic E-state index is -3.70. The van der Waals surface area contributed by atoms with Gasteiger partial charge in [-0.05, 0) is 36.1 Å². The number of aromatic nitrogens is 2. The third kappa shape index (κ3) is 4.86. The van der Waals surface area contributed by atoms with Crippen LogP contribution in [0.15, 0.2) is 41.1 Å². The first kappa shape index (κ1) is 20.9. The lowest BCUT2D eigenvalue weighted by Gasteiger charge is -2.35. The molecule has 1 aromatic carbocycles. The summed E-state index contributed by atoms with van der Waals surface area (Å²) >= 11 is 2.76. The average molecular weight is 464 g/mol. The van der Waals surface area contributed by atoms with Crippen molar-refractivity contribution in [3.8, 4) is 10.6 Å². The Labute approximate surface area is 183 Å². The number of hydrogen-bond donors (Lipinski definition) is 1. The Hall–Kier alpha value is -2.34. The van der Waals surface area contributed by atoms with Crippen LogP contribution in [0.1, 0.15) is 5.56 Å². The Balaban J connectivity index is 1.32. The summed E-state index contributed by atoms with van der Waals surface area (Å²) in [6.45, 7) is 3.91. The predicted octanol–water partition coefficient (Wildman–Crippen LogP) is 2.67. The Bertz CT molecular complexity index is 1120. The van der Waals surface area contributed by atoms with E-state index in [-0.39, 0.29) is 0 Å². The molecule has 0 aliphatic carbocycles. The van der Waals surface area contributed by atoms with Crippen molar-refractivity contribution in [3.63, 3.8) is 0 Å². The molecule has 1 aliphatic heterocycles. The van der Waals surface area contributed by atoms with Crippen molar-refractivity contribution < 1.29 is 13.2 Å². The average Bonchev–Trinajstić information content (AvgIpc) is 3.39. The highest BCUT2D eigenvalue weighted by Crippen LogP contribution is 2.28. The van der Waals surface area contributed by atoms with Crippen molar-refractivity contribution in [2.45, 2.75) is 6.92 Å². The maximum Gasteiger partial charge on any atom is 0.242 e. The third-order valence-corrected chi connectivity index (χ3v) is 8.10. The standard InChI is InChI=1S/C19H21N5O3S3/c1-14-3-2-4-16(11-14)23-6-8-24(9-7-23)30(26,27)13-17(25)20-19-22-21-18(29-19)15-5-10-28-12-15/h2-5,10-12H,6-9,13H2,1H3,(H,20,22,25). The lowest BCUT2D eigenvalue weighted by molar-refractivity contribution is -0.113. The zero-order valence-electron chi connectivity index (χ0n) is 16.3. The molecule has 11 heteroatoms. The summed E-state index contributed by atoms with van der Waals surface area (Å²) in [5.74, 6) is -1.21. The number of aryl methyl sites for hydroxylation is 1. The summed E-state index contributed by atoms with van der Waals surface area (Å²) in [7, 11) is -3.70. The van der Waals surface area contributed by atoms with Gasteiger partial charge in [0.15, 0.2) is 0 Å². The first-order chi connectivity index (χ1) is 14.4. The molecular weight excluding hydrogens is 442 g/mol. The summed E-state index contributed by atoms with van der Waals surface area (Å²) in [6.07, 6.45) is 0. The van der Waals surface area contributed by atoms with Crippen molar-refractivity contribution in [1.29, 1.82) is 0 Å². The zero-order chi connectivity index (χ0) is 21.1. The van der Waals surface area contributed by atoms with Gasteiger partial charge in [0.25, 0.3) is 0 Å². The number of sulfonamides is 1. The summed E-state index contributed by atoms with van der Waals surface area (Å²) in [6, 6.07) is 10.1. The molecule has 30 heavy (non-hydrogen) atoms. The Morgan fingerprint density at radius 1 is 1.17 bits per heavy atom. The minimum absolute atomic E-state index is 0.292. The van der Waals surface area contributed by atoms with Crippen LogP contribution in [0.2, 0.25) is 0 Å². The van der Waals surface area contributed by atoms with Gasteiger partial charge in [-0.1, -0.05) is 23.5 Å². The molecule has 4 rings (SSSR count). The summed E-state index contributed by atoms with van der Waals surface area (Å²) in [5.41, 5.74) is 3.18. The predicted molar refractivity (Wildman–Crippen MR) is 121 cm³/mol. The first-order valence-electron chi connectivity index (χ1n) is 9.36. The van der Waals surface area contributed by atoms with Gasteiger partial charge in [-0.15, -0.1) is 10.2 Å². The number of anilines is 2. The molecule has 0 spiro atoms. The largest absolute Gasteiger partial charge is 0.369 e. The highest BCUT2D eigenvalue weighted by atomic mass is 32.2. The van der Waals surface area contributed by atoms with E-state index in [1.807, 2.05) is 41.9 Å². The number of hydrogen-bond acceptors (Lipinski definition) is 8. The number of rotatable bonds is 6. The van der Waals surface area contributed by atoms with Crippen molar-refractivity contribution in [2.75, 3.05) is 42.1 Å². The topological polar surface area (TPSA) is 95.5 Å². The van der Waals surface area contributed by atoms with E-state index in [2.05, 4.69) is 26.5 Å². The van der Waals surface area contributed by atoms with Crippen LogP contribution >= 0.6 is 22.7 Å². The molecule has 0 saturated carbocycles. The molecule has 158 valence electrons. The van der Waals surface area contributed by atoms with Crippen LogP contribution < -0.4 is 10.2 Å². The second-order valence-electron chi connectivity index (χ2n) is 6.95. The van der Waals surface area contributed by atoms with Gasteiger partial charge in [-0.3, -0.25) is 10.1 Å². The Morgan fingerprint density at radius 3 is 2.67 bits per heavy atom. The van der Waals surface area contributed by atoms with Crippen molar-refractivity contribution in [1.82, 2.24) is 14.5 Å². The molecule has 0 atom stereocenters. The fraction of sp³-hybridized carbons (Fsp3) is 0.316. The lowest BCUT2D eigenvalue weighted by Crippen LogP contribution is -2.50. The maximum absolute atomic E-state index is 12.7. The molecule has 1 aliphatic rings. The van der Waals surface area contributed by atoms with E-state index in [0.717, 1.165) is 16.8 Å². The van der Waals surface area contributed by atoms with Crippen LogP contribution in [0.3, 0.4) is 0 Å². The van der Waals surface area contributed by atoms with Gasteiger partial charge in [-0.2, -0.15) is 15.6 Å². The quantitative estimate of drug-likeness (QED) is 0.604. The van der Waals surface area contributed by atoms with Gasteiger partial charge in [0.1, 0.15) is 10.8 Å². The van der Waals surface area contributed by atoms with Gasteiger partial charge >= 0.3 is 0 Å². The second-order valence-corrected chi connectivity index (χ2v) is 10.7. The maximum atomic E-state index is 12.7. The van der Waals surface area contributed by atoms with Crippen LogP contribution in [-0.4, -0.2) is 60.8 Å². The van der Waals surface area contributed by atoms with Gasteiger partial charge < -0.3 is 4.90 Å². The number of carbonyl (C=O) groups is 1. The number of piperazine rings is 1. The van der Waals surface area contributed by atoms with Crippen LogP contribution in [0.4, 0.5) is 10.8 Å². The van der Waals surface area contributed by atoms with Crippen LogP contribution in [0.5, 0.6) is 0 Å². The van der Waals surface area contributed by atoms with Crippen LogP contribution in [-0.2, 0) is 14.8 Å². The van der Waals surface area contributed by atoms with E-state index in [9.17, 15) is 13.2 Å².